The van der Waals surface area contributed by atoms with Gasteiger partial charge in [-0.05, 0) is 6.92 Å². The molecule has 66 valence electrons. The molecule has 0 amide bonds. The van der Waals surface area contributed by atoms with E-state index in [4.69, 9.17) is 27.9 Å². The fourth-order valence-electron chi connectivity index (χ4n) is 0.600. The van der Waals surface area contributed by atoms with Crippen LogP contribution in [0.25, 0.3) is 0 Å². The molecule has 0 radical (unpaired) electrons. The Kier molecular flexibility index (Phi) is 3.31. The first kappa shape index (κ1) is 9.77. The van der Waals surface area contributed by atoms with Crippen LogP contribution >= 0.6 is 34.5 Å². The number of thiazole rings is 1. The molecule has 0 bridgehead atoms. The van der Waals surface area contributed by atoms with Crippen molar-refractivity contribution in [3.8, 4) is 0 Å². The lowest BCUT2D eigenvalue weighted by molar-refractivity contribution is 0.0532. The van der Waals surface area contributed by atoms with Gasteiger partial charge in [0.2, 0.25) is 0 Å². The van der Waals surface area contributed by atoms with Crippen molar-refractivity contribution in [1.29, 1.82) is 0 Å². The summed E-state index contributed by atoms with van der Waals surface area (Å²) in [6.45, 7) is 2.03. The number of carbonyl (C=O) groups excluding carboxylic acids is 1. The molecule has 0 aliphatic heterocycles. The fourth-order valence-corrected chi connectivity index (χ4v) is 1.86. The summed E-state index contributed by atoms with van der Waals surface area (Å²) in [6.07, 6.45) is 0. The highest BCUT2D eigenvalue weighted by atomic mass is 35.5. The second-order valence-electron chi connectivity index (χ2n) is 1.81. The van der Waals surface area contributed by atoms with Gasteiger partial charge in [0.05, 0.1) is 6.61 Å². The minimum Gasteiger partial charge on any atom is -0.462 e. The van der Waals surface area contributed by atoms with E-state index in [1.165, 1.54) is 0 Å². The van der Waals surface area contributed by atoms with Crippen LogP contribution in [-0.4, -0.2) is 17.6 Å². The largest absolute Gasteiger partial charge is 0.462 e. The molecule has 0 unspecified atom stereocenters. The van der Waals surface area contributed by atoms with Crippen molar-refractivity contribution in [3.63, 3.8) is 0 Å². The van der Waals surface area contributed by atoms with Crippen LogP contribution in [0, 0.1) is 0 Å². The first-order valence-electron chi connectivity index (χ1n) is 3.14. The van der Waals surface area contributed by atoms with Gasteiger partial charge in [-0.3, -0.25) is 0 Å². The van der Waals surface area contributed by atoms with Crippen LogP contribution in [0.15, 0.2) is 0 Å². The maximum absolute atomic E-state index is 11.1. The summed E-state index contributed by atoms with van der Waals surface area (Å²) in [5.41, 5.74) is 0. The smallest absolute Gasteiger partial charge is 0.351 e. The van der Waals surface area contributed by atoms with Crippen molar-refractivity contribution in [2.45, 2.75) is 6.92 Å². The molecule has 0 saturated heterocycles. The molecule has 0 saturated carbocycles. The summed E-state index contributed by atoms with van der Waals surface area (Å²) >= 11 is 12.1. The number of halogens is 2. The van der Waals surface area contributed by atoms with E-state index in [0.717, 1.165) is 11.3 Å². The molecule has 0 fully saturated rings. The van der Waals surface area contributed by atoms with Crippen LogP contribution in [0.5, 0.6) is 0 Å². The summed E-state index contributed by atoms with van der Waals surface area (Å²) < 4.78 is 4.95. The molecule has 1 rings (SSSR count). The molecule has 0 spiro atoms. The van der Waals surface area contributed by atoms with Gasteiger partial charge in [0.15, 0.2) is 14.5 Å². The minimum atomic E-state index is -0.480. The van der Waals surface area contributed by atoms with Crippen molar-refractivity contribution in [1.82, 2.24) is 4.98 Å². The van der Waals surface area contributed by atoms with E-state index in [1.54, 1.807) is 6.92 Å². The number of hydrogen-bond donors (Lipinski definition) is 0. The Labute approximate surface area is 83.3 Å². The summed E-state index contributed by atoms with van der Waals surface area (Å²) in [5, 5.41) is 0.100. The number of rotatable bonds is 2. The first-order valence-corrected chi connectivity index (χ1v) is 4.71. The Morgan fingerprint density at radius 3 is 2.75 bits per heavy atom. The summed E-state index contributed by atoms with van der Waals surface area (Å²) in [6, 6.07) is 0. The SMILES string of the molecule is CCOC(=O)c1sc(Cl)nc1Cl. The molecule has 3 nitrogen and oxygen atoms in total. The molecule has 1 aromatic heterocycles. The quantitative estimate of drug-likeness (QED) is 0.727. The van der Waals surface area contributed by atoms with Crippen molar-refractivity contribution >= 4 is 40.5 Å². The second-order valence-corrected chi connectivity index (χ2v) is 3.75. The molecule has 1 aromatic rings. The second kappa shape index (κ2) is 4.07. The zero-order valence-corrected chi connectivity index (χ0v) is 8.46. The van der Waals surface area contributed by atoms with Crippen LogP contribution in [0.3, 0.4) is 0 Å². The number of aromatic nitrogens is 1. The van der Waals surface area contributed by atoms with E-state index in [0.29, 0.717) is 6.61 Å². The Bertz CT molecular complexity index is 300. The lowest BCUT2D eigenvalue weighted by Crippen LogP contribution is -2.02. The summed E-state index contributed by atoms with van der Waals surface area (Å²) in [5.74, 6) is -0.480. The average Bonchev–Trinajstić information content (AvgIpc) is 2.30. The Morgan fingerprint density at radius 2 is 2.33 bits per heavy atom. The van der Waals surface area contributed by atoms with E-state index < -0.39 is 5.97 Å². The van der Waals surface area contributed by atoms with E-state index in [2.05, 4.69) is 4.98 Å². The van der Waals surface area contributed by atoms with Crippen molar-refractivity contribution in [2.75, 3.05) is 6.61 Å². The van der Waals surface area contributed by atoms with Gasteiger partial charge < -0.3 is 4.74 Å². The van der Waals surface area contributed by atoms with Crippen LogP contribution in [0.2, 0.25) is 9.62 Å². The third-order valence-electron chi connectivity index (χ3n) is 1.02. The van der Waals surface area contributed by atoms with Gasteiger partial charge in [-0.2, -0.15) is 0 Å². The average molecular weight is 226 g/mol. The van der Waals surface area contributed by atoms with Crippen LogP contribution in [0.4, 0.5) is 0 Å². The monoisotopic (exact) mass is 225 g/mol. The molecule has 0 N–H and O–H groups in total. The van der Waals surface area contributed by atoms with E-state index in [9.17, 15) is 4.79 Å². The topological polar surface area (TPSA) is 39.2 Å². The van der Waals surface area contributed by atoms with Gasteiger partial charge in [-0.25, -0.2) is 9.78 Å². The third-order valence-corrected chi connectivity index (χ3v) is 2.55. The first-order chi connectivity index (χ1) is 5.65. The van der Waals surface area contributed by atoms with Gasteiger partial charge in [0.25, 0.3) is 0 Å². The number of nitrogens with zero attached hydrogens (tertiary/aromatic N) is 1. The Hall–Kier alpha value is -0.320. The molecular formula is C6H5Cl2NO2S. The zero-order valence-electron chi connectivity index (χ0n) is 6.13. The molecule has 0 aromatic carbocycles. The predicted octanol–water partition coefficient (Wildman–Crippen LogP) is 2.63. The van der Waals surface area contributed by atoms with E-state index >= 15 is 0 Å². The zero-order chi connectivity index (χ0) is 9.14. The molecular weight excluding hydrogens is 221 g/mol. The van der Waals surface area contributed by atoms with E-state index in [1.807, 2.05) is 0 Å². The molecule has 0 aliphatic rings. The third kappa shape index (κ3) is 2.09. The van der Waals surface area contributed by atoms with Crippen molar-refractivity contribution in [2.24, 2.45) is 0 Å². The molecule has 0 aliphatic carbocycles. The Balaban J connectivity index is 2.87. The number of ether oxygens (including phenoxy) is 1. The fraction of sp³-hybridized carbons (Fsp3) is 0.333. The van der Waals surface area contributed by atoms with Crippen molar-refractivity contribution < 1.29 is 9.53 Å². The molecule has 0 atom stereocenters. The summed E-state index contributed by atoms with van der Waals surface area (Å²) in [7, 11) is 0. The normalized spacial score (nSPS) is 9.92. The van der Waals surface area contributed by atoms with Gasteiger partial charge >= 0.3 is 5.97 Å². The highest BCUT2D eigenvalue weighted by Gasteiger charge is 2.16. The van der Waals surface area contributed by atoms with E-state index in [-0.39, 0.29) is 14.5 Å². The van der Waals surface area contributed by atoms with Crippen molar-refractivity contribution in [3.05, 3.63) is 14.5 Å². The molecule has 1 heterocycles. The maximum Gasteiger partial charge on any atom is 0.351 e. The highest BCUT2D eigenvalue weighted by Crippen LogP contribution is 2.26. The predicted molar refractivity (Wildman–Crippen MR) is 48.1 cm³/mol. The van der Waals surface area contributed by atoms with Gasteiger partial charge in [-0.15, -0.1) is 0 Å². The highest BCUT2D eigenvalue weighted by molar-refractivity contribution is 7.18. The lowest BCUT2D eigenvalue weighted by atomic mass is 10.5. The van der Waals surface area contributed by atoms with Crippen LogP contribution in [-0.2, 0) is 4.74 Å². The number of carbonyl (C=O) groups is 1. The van der Waals surface area contributed by atoms with Crippen LogP contribution in [0.1, 0.15) is 16.6 Å². The number of hydrogen-bond acceptors (Lipinski definition) is 4. The maximum atomic E-state index is 11.1. The van der Waals surface area contributed by atoms with Gasteiger partial charge in [0, 0.05) is 0 Å². The Morgan fingerprint density at radius 1 is 1.67 bits per heavy atom. The van der Waals surface area contributed by atoms with Crippen LogP contribution < -0.4 is 0 Å². The molecule has 6 heteroatoms. The van der Waals surface area contributed by atoms with Gasteiger partial charge in [0.1, 0.15) is 0 Å². The summed E-state index contributed by atoms with van der Waals surface area (Å²) in [4.78, 5) is 15.0. The van der Waals surface area contributed by atoms with Gasteiger partial charge in [-0.1, -0.05) is 34.5 Å². The molecule has 12 heavy (non-hydrogen) atoms. The standard InChI is InChI=1S/C6H5Cl2NO2S/c1-2-11-5(10)3-4(7)9-6(8)12-3/h2H2,1H3. The lowest BCUT2D eigenvalue weighted by Gasteiger charge is -1.96. The number of esters is 1. The minimum absolute atomic E-state index is 0.100.